The maximum Gasteiger partial charge on any atom is 0.106 e. The van der Waals surface area contributed by atoms with E-state index in [9.17, 15) is 0 Å². The number of hydrogen-bond acceptors (Lipinski definition) is 3. The van der Waals surface area contributed by atoms with Crippen LogP contribution in [0.4, 0.5) is 0 Å². The summed E-state index contributed by atoms with van der Waals surface area (Å²) in [5, 5.41) is 8.83. The maximum absolute atomic E-state index is 8.83. The Labute approximate surface area is 140 Å². The molecule has 126 valence electrons. The molecular weight excluding hydrogens is 286 g/mol. The van der Waals surface area contributed by atoms with Gasteiger partial charge in [-0.15, -0.1) is 0 Å². The average Bonchev–Trinajstić information content (AvgIpc) is 2.61. The highest BCUT2D eigenvalue weighted by molar-refractivity contribution is 5.32. The molecule has 1 saturated heterocycles. The summed E-state index contributed by atoms with van der Waals surface area (Å²) >= 11 is 0. The summed E-state index contributed by atoms with van der Waals surface area (Å²) in [6, 6.07) is 9.73. The van der Waals surface area contributed by atoms with Crippen molar-refractivity contribution in [1.82, 2.24) is 0 Å². The van der Waals surface area contributed by atoms with Crippen LogP contribution in [0.25, 0.3) is 0 Å². The van der Waals surface area contributed by atoms with Crippen LogP contribution in [0.1, 0.15) is 75.5 Å². The normalized spacial score (nSPS) is 21.0. The molecule has 0 spiro atoms. The Morgan fingerprint density at radius 1 is 0.957 bits per heavy atom. The molecule has 3 nitrogen and oxygen atoms in total. The lowest BCUT2D eigenvalue weighted by Gasteiger charge is -2.30. The summed E-state index contributed by atoms with van der Waals surface area (Å²) in [7, 11) is 0. The van der Waals surface area contributed by atoms with Gasteiger partial charge in [0.1, 0.15) is 6.10 Å². The number of hydrogen-bond donors (Lipinski definition) is 0. The second-order valence-electron chi connectivity index (χ2n) is 6.42. The van der Waals surface area contributed by atoms with Crippen LogP contribution in [0, 0.1) is 11.3 Å². The fourth-order valence-corrected chi connectivity index (χ4v) is 3.00. The van der Waals surface area contributed by atoms with E-state index in [0.717, 1.165) is 12.0 Å². The van der Waals surface area contributed by atoms with Crippen molar-refractivity contribution in [3.05, 3.63) is 35.4 Å². The first kappa shape index (κ1) is 18.0. The largest absolute Gasteiger partial charge is 0.373 e. The van der Waals surface area contributed by atoms with Gasteiger partial charge >= 0.3 is 0 Å². The quantitative estimate of drug-likeness (QED) is 0.591. The first-order valence-corrected chi connectivity index (χ1v) is 9.06. The average molecular weight is 315 g/mol. The molecule has 0 amide bonds. The molecule has 1 aliphatic rings. The number of ether oxygens (including phenoxy) is 2. The predicted molar refractivity (Wildman–Crippen MR) is 92.2 cm³/mol. The first-order valence-electron chi connectivity index (χ1n) is 9.06. The molecule has 23 heavy (non-hydrogen) atoms. The molecule has 0 bridgehead atoms. The van der Waals surface area contributed by atoms with E-state index >= 15 is 0 Å². The standard InChI is InChI=1S/C20H29NO2/c1-2-3-4-5-6-7-8-9-19-15-23-20(16-22-19)18-12-10-17(14-21)11-13-18/h10-13,19-20H,2-9,15-16H2,1H3/t19-,20-/m0/s1. The van der Waals surface area contributed by atoms with Crippen molar-refractivity contribution in [2.75, 3.05) is 13.2 Å². The number of nitriles is 1. The highest BCUT2D eigenvalue weighted by Crippen LogP contribution is 2.25. The lowest BCUT2D eigenvalue weighted by molar-refractivity contribution is -0.137. The monoisotopic (exact) mass is 315 g/mol. The Kier molecular flexibility index (Phi) is 8.14. The van der Waals surface area contributed by atoms with E-state index in [4.69, 9.17) is 14.7 Å². The molecule has 0 saturated carbocycles. The predicted octanol–water partition coefficient (Wildman–Crippen LogP) is 5.16. The summed E-state index contributed by atoms with van der Waals surface area (Å²) in [6.07, 6.45) is 10.7. The molecule has 1 aromatic carbocycles. The van der Waals surface area contributed by atoms with Crippen molar-refractivity contribution in [2.45, 2.75) is 70.5 Å². The second-order valence-corrected chi connectivity index (χ2v) is 6.42. The second kappa shape index (κ2) is 10.4. The third-order valence-corrected chi connectivity index (χ3v) is 4.51. The van der Waals surface area contributed by atoms with Gasteiger partial charge in [0.15, 0.2) is 0 Å². The topological polar surface area (TPSA) is 42.2 Å². The Bertz CT molecular complexity index is 469. The Morgan fingerprint density at radius 3 is 2.26 bits per heavy atom. The molecule has 1 aliphatic heterocycles. The fourth-order valence-electron chi connectivity index (χ4n) is 3.00. The van der Waals surface area contributed by atoms with Crippen LogP contribution < -0.4 is 0 Å². The summed E-state index contributed by atoms with van der Waals surface area (Å²) in [5.41, 5.74) is 1.78. The van der Waals surface area contributed by atoms with E-state index in [-0.39, 0.29) is 12.2 Å². The third kappa shape index (κ3) is 6.33. The molecular formula is C20H29NO2. The van der Waals surface area contributed by atoms with Crippen molar-refractivity contribution in [3.8, 4) is 6.07 Å². The Hall–Kier alpha value is -1.37. The first-order chi connectivity index (χ1) is 11.3. The number of unbranched alkanes of at least 4 members (excludes halogenated alkanes) is 6. The van der Waals surface area contributed by atoms with Crippen LogP contribution in [0.3, 0.4) is 0 Å². The van der Waals surface area contributed by atoms with Crippen LogP contribution in [-0.4, -0.2) is 19.3 Å². The van der Waals surface area contributed by atoms with Gasteiger partial charge in [-0.05, 0) is 24.1 Å². The highest BCUT2D eigenvalue weighted by atomic mass is 16.6. The van der Waals surface area contributed by atoms with Crippen molar-refractivity contribution in [2.24, 2.45) is 0 Å². The van der Waals surface area contributed by atoms with Crippen LogP contribution in [-0.2, 0) is 9.47 Å². The van der Waals surface area contributed by atoms with Gasteiger partial charge in [-0.2, -0.15) is 5.26 Å². The van der Waals surface area contributed by atoms with E-state index in [1.165, 1.54) is 44.9 Å². The molecule has 0 aromatic heterocycles. The summed E-state index contributed by atoms with van der Waals surface area (Å²) in [5.74, 6) is 0. The van der Waals surface area contributed by atoms with Gasteiger partial charge in [-0.25, -0.2) is 0 Å². The molecule has 0 N–H and O–H groups in total. The molecule has 2 rings (SSSR count). The van der Waals surface area contributed by atoms with E-state index in [1.807, 2.05) is 24.3 Å². The molecule has 3 heteroatoms. The molecule has 0 aliphatic carbocycles. The maximum atomic E-state index is 8.83. The van der Waals surface area contributed by atoms with E-state index in [2.05, 4.69) is 13.0 Å². The summed E-state index contributed by atoms with van der Waals surface area (Å²) in [4.78, 5) is 0. The van der Waals surface area contributed by atoms with Gasteiger partial charge in [0, 0.05) is 0 Å². The number of nitrogens with zero attached hydrogens (tertiary/aromatic N) is 1. The smallest absolute Gasteiger partial charge is 0.106 e. The van der Waals surface area contributed by atoms with Gasteiger partial charge in [-0.3, -0.25) is 0 Å². The van der Waals surface area contributed by atoms with E-state index < -0.39 is 0 Å². The summed E-state index contributed by atoms with van der Waals surface area (Å²) in [6.45, 7) is 3.55. The van der Waals surface area contributed by atoms with E-state index in [1.54, 1.807) is 0 Å². The number of rotatable bonds is 9. The third-order valence-electron chi connectivity index (χ3n) is 4.51. The van der Waals surface area contributed by atoms with Gasteiger partial charge in [0.05, 0.1) is 31.0 Å². The zero-order valence-corrected chi connectivity index (χ0v) is 14.3. The Morgan fingerprint density at radius 2 is 1.65 bits per heavy atom. The zero-order chi connectivity index (χ0) is 16.3. The van der Waals surface area contributed by atoms with Crippen molar-refractivity contribution in [3.63, 3.8) is 0 Å². The minimum Gasteiger partial charge on any atom is -0.373 e. The van der Waals surface area contributed by atoms with E-state index in [0.29, 0.717) is 18.8 Å². The van der Waals surface area contributed by atoms with Gasteiger partial charge < -0.3 is 9.47 Å². The molecule has 1 heterocycles. The van der Waals surface area contributed by atoms with Gasteiger partial charge in [0.2, 0.25) is 0 Å². The molecule has 2 atom stereocenters. The Balaban J connectivity index is 1.59. The minimum atomic E-state index is 0.00744. The molecule has 0 unspecified atom stereocenters. The number of benzene rings is 1. The zero-order valence-electron chi connectivity index (χ0n) is 14.3. The van der Waals surface area contributed by atoms with Crippen LogP contribution >= 0.6 is 0 Å². The van der Waals surface area contributed by atoms with Crippen LogP contribution in [0.5, 0.6) is 0 Å². The SMILES string of the molecule is CCCCCCCCC[C@H]1CO[C@H](c2ccc(C#N)cc2)CO1. The fraction of sp³-hybridized carbons (Fsp3) is 0.650. The van der Waals surface area contributed by atoms with Crippen molar-refractivity contribution < 1.29 is 9.47 Å². The minimum absolute atomic E-state index is 0.00744. The van der Waals surface area contributed by atoms with Crippen LogP contribution in [0.2, 0.25) is 0 Å². The molecule has 0 radical (unpaired) electrons. The highest BCUT2D eigenvalue weighted by Gasteiger charge is 2.23. The lowest BCUT2D eigenvalue weighted by atomic mass is 10.0. The van der Waals surface area contributed by atoms with Crippen molar-refractivity contribution >= 4 is 0 Å². The van der Waals surface area contributed by atoms with Gasteiger partial charge in [-0.1, -0.05) is 64.0 Å². The van der Waals surface area contributed by atoms with Crippen LogP contribution in [0.15, 0.2) is 24.3 Å². The van der Waals surface area contributed by atoms with Gasteiger partial charge in [0.25, 0.3) is 0 Å². The lowest BCUT2D eigenvalue weighted by Crippen LogP contribution is -2.31. The molecule has 1 aromatic rings. The summed E-state index contributed by atoms with van der Waals surface area (Å²) < 4.78 is 11.9. The molecule has 1 fully saturated rings. The van der Waals surface area contributed by atoms with Crippen molar-refractivity contribution in [1.29, 1.82) is 5.26 Å².